The summed E-state index contributed by atoms with van der Waals surface area (Å²) in [5, 5.41) is 9.74. The molecule has 128 valence electrons. The monoisotopic (exact) mass is 342 g/mol. The van der Waals surface area contributed by atoms with E-state index in [1.54, 1.807) is 19.2 Å². The first-order chi connectivity index (χ1) is 10.8. The van der Waals surface area contributed by atoms with E-state index >= 15 is 0 Å². The summed E-state index contributed by atoms with van der Waals surface area (Å²) < 4.78 is 30.7. The van der Waals surface area contributed by atoms with Gasteiger partial charge in [-0.1, -0.05) is 12.1 Å². The Bertz CT molecular complexity index is 644. The van der Waals surface area contributed by atoms with Gasteiger partial charge in [0.1, 0.15) is 0 Å². The highest BCUT2D eigenvalue weighted by Crippen LogP contribution is 2.15. The first-order valence-corrected chi connectivity index (χ1v) is 8.87. The molecule has 1 saturated heterocycles. The summed E-state index contributed by atoms with van der Waals surface area (Å²) in [5.41, 5.74) is 0.880. The number of carbonyl (C=O) groups is 1. The number of hydrogen-bond acceptors (Lipinski definition) is 5. The van der Waals surface area contributed by atoms with Gasteiger partial charge in [0.15, 0.2) is 0 Å². The van der Waals surface area contributed by atoms with Gasteiger partial charge >= 0.3 is 0 Å². The summed E-state index contributed by atoms with van der Waals surface area (Å²) in [6, 6.07) is 6.13. The highest BCUT2D eigenvalue weighted by Gasteiger charge is 2.31. The molecule has 2 N–H and O–H groups in total. The molecule has 1 heterocycles. The van der Waals surface area contributed by atoms with E-state index in [1.165, 1.54) is 24.1 Å². The molecule has 0 aromatic heterocycles. The van der Waals surface area contributed by atoms with E-state index in [1.807, 2.05) is 0 Å². The minimum Gasteiger partial charge on any atom is -0.388 e. The third-order valence-corrected chi connectivity index (χ3v) is 5.47. The van der Waals surface area contributed by atoms with Crippen LogP contribution in [0.3, 0.4) is 0 Å². The lowest BCUT2D eigenvalue weighted by Crippen LogP contribution is -2.44. The van der Waals surface area contributed by atoms with Crippen LogP contribution >= 0.6 is 0 Å². The average molecular weight is 342 g/mol. The second-order valence-corrected chi connectivity index (χ2v) is 7.41. The lowest BCUT2D eigenvalue weighted by atomic mass is 10.1. The highest BCUT2D eigenvalue weighted by molar-refractivity contribution is 7.89. The summed E-state index contributed by atoms with van der Waals surface area (Å²) in [6.07, 6.45) is 0.153. The Balaban J connectivity index is 1.92. The van der Waals surface area contributed by atoms with E-state index in [-0.39, 0.29) is 29.9 Å². The molecule has 0 bridgehead atoms. The van der Waals surface area contributed by atoms with E-state index in [4.69, 9.17) is 4.74 Å². The van der Waals surface area contributed by atoms with Crippen molar-refractivity contribution < 1.29 is 23.1 Å². The molecule has 0 unspecified atom stereocenters. The van der Waals surface area contributed by atoms with Crippen LogP contribution < -0.4 is 4.72 Å². The summed E-state index contributed by atoms with van der Waals surface area (Å²) in [6.45, 7) is 0.601. The smallest absolute Gasteiger partial charge is 0.240 e. The van der Waals surface area contributed by atoms with E-state index in [0.29, 0.717) is 13.0 Å². The second-order valence-electron chi connectivity index (χ2n) is 5.53. The highest BCUT2D eigenvalue weighted by atomic mass is 32.2. The second kappa shape index (κ2) is 7.39. The number of nitrogens with zero attached hydrogens (tertiary/aromatic N) is 1. The largest absolute Gasteiger partial charge is 0.388 e. The number of aliphatic hydroxyl groups excluding tert-OH is 1. The van der Waals surface area contributed by atoms with Crippen LogP contribution in [0.4, 0.5) is 0 Å². The van der Waals surface area contributed by atoms with Crippen molar-refractivity contribution in [2.75, 3.05) is 27.3 Å². The molecule has 0 saturated carbocycles. The number of sulfonamides is 1. The standard InChI is InChI=1S/C15H22N2O5S/c1-16-23(20,21)12-6-3-11(4-7-12)5-8-15(19)17(2)13-9-22-10-14(13)18/h3-4,6-7,13-14,16,18H,5,8-10H2,1-2H3/t13-,14-/m0/s1. The lowest BCUT2D eigenvalue weighted by molar-refractivity contribution is -0.133. The third kappa shape index (κ3) is 4.29. The fourth-order valence-corrected chi connectivity index (χ4v) is 3.20. The molecule has 1 aliphatic rings. The van der Waals surface area contributed by atoms with Crippen molar-refractivity contribution in [3.63, 3.8) is 0 Å². The Labute approximate surface area is 136 Å². The Morgan fingerprint density at radius 3 is 2.52 bits per heavy atom. The zero-order chi connectivity index (χ0) is 17.0. The van der Waals surface area contributed by atoms with Crippen molar-refractivity contribution in [2.45, 2.75) is 29.9 Å². The summed E-state index contributed by atoms with van der Waals surface area (Å²) in [4.78, 5) is 13.9. The molecule has 0 spiro atoms. The Hall–Kier alpha value is -1.48. The van der Waals surface area contributed by atoms with E-state index in [0.717, 1.165) is 5.56 Å². The molecule has 1 aromatic carbocycles. The zero-order valence-corrected chi connectivity index (χ0v) is 14.0. The van der Waals surface area contributed by atoms with Crippen LogP contribution in [-0.2, 0) is 26.0 Å². The van der Waals surface area contributed by atoms with Gasteiger partial charge in [-0.25, -0.2) is 13.1 Å². The van der Waals surface area contributed by atoms with Crippen LogP contribution in [0.15, 0.2) is 29.2 Å². The van der Waals surface area contributed by atoms with Gasteiger partial charge in [0.25, 0.3) is 0 Å². The minimum atomic E-state index is -3.44. The Morgan fingerprint density at radius 2 is 2.00 bits per heavy atom. The van der Waals surface area contributed by atoms with Crippen molar-refractivity contribution in [3.05, 3.63) is 29.8 Å². The number of carbonyl (C=O) groups excluding carboxylic acids is 1. The molecule has 8 heteroatoms. The first-order valence-electron chi connectivity index (χ1n) is 7.39. The van der Waals surface area contributed by atoms with Crippen LogP contribution in [0.25, 0.3) is 0 Å². The molecule has 7 nitrogen and oxygen atoms in total. The zero-order valence-electron chi connectivity index (χ0n) is 13.2. The molecule has 0 radical (unpaired) electrons. The van der Waals surface area contributed by atoms with Gasteiger partial charge in [-0.2, -0.15) is 0 Å². The van der Waals surface area contributed by atoms with Gasteiger partial charge in [-0.05, 0) is 31.2 Å². The topological polar surface area (TPSA) is 95.9 Å². The fourth-order valence-electron chi connectivity index (χ4n) is 2.47. The predicted octanol–water partition coefficient (Wildman–Crippen LogP) is -0.255. The van der Waals surface area contributed by atoms with Gasteiger partial charge in [0.05, 0.1) is 30.3 Å². The molecule has 2 rings (SSSR count). The normalized spacial score (nSPS) is 21.3. The van der Waals surface area contributed by atoms with Crippen LogP contribution in [0.1, 0.15) is 12.0 Å². The molecule has 23 heavy (non-hydrogen) atoms. The maximum atomic E-state index is 12.2. The van der Waals surface area contributed by atoms with Crippen molar-refractivity contribution in [1.82, 2.24) is 9.62 Å². The van der Waals surface area contributed by atoms with Gasteiger partial charge < -0.3 is 14.7 Å². The fraction of sp³-hybridized carbons (Fsp3) is 0.533. The molecule has 1 fully saturated rings. The first kappa shape index (κ1) is 17.9. The molecule has 1 amide bonds. The number of likely N-dealkylation sites (N-methyl/N-ethyl adjacent to an activating group) is 1. The number of nitrogens with one attached hydrogen (secondary N) is 1. The summed E-state index contributed by atoms with van der Waals surface area (Å²) in [5.74, 6) is -0.0773. The summed E-state index contributed by atoms with van der Waals surface area (Å²) in [7, 11) is -0.423. The van der Waals surface area contributed by atoms with Crippen molar-refractivity contribution in [2.24, 2.45) is 0 Å². The van der Waals surface area contributed by atoms with Crippen LogP contribution in [0.2, 0.25) is 0 Å². The van der Waals surface area contributed by atoms with Gasteiger partial charge in [-0.15, -0.1) is 0 Å². The lowest BCUT2D eigenvalue weighted by Gasteiger charge is -2.25. The number of amides is 1. The van der Waals surface area contributed by atoms with Gasteiger partial charge in [-0.3, -0.25) is 4.79 Å². The quantitative estimate of drug-likeness (QED) is 0.743. The number of hydrogen-bond donors (Lipinski definition) is 2. The van der Waals surface area contributed by atoms with Crippen LogP contribution in [0, 0.1) is 0 Å². The number of rotatable bonds is 6. The molecule has 0 aliphatic carbocycles. The van der Waals surface area contributed by atoms with E-state index < -0.39 is 16.1 Å². The number of ether oxygens (including phenoxy) is 1. The average Bonchev–Trinajstić information content (AvgIpc) is 2.98. The van der Waals surface area contributed by atoms with Crippen molar-refractivity contribution >= 4 is 15.9 Å². The molecule has 2 atom stereocenters. The Kier molecular flexibility index (Phi) is 5.74. The van der Waals surface area contributed by atoms with E-state index in [9.17, 15) is 18.3 Å². The SMILES string of the molecule is CNS(=O)(=O)c1ccc(CCC(=O)N(C)[C@H]2COC[C@@H]2O)cc1. The van der Waals surface area contributed by atoms with Crippen molar-refractivity contribution in [1.29, 1.82) is 0 Å². The molecular formula is C15H22N2O5S. The van der Waals surface area contributed by atoms with E-state index in [2.05, 4.69) is 4.72 Å². The van der Waals surface area contributed by atoms with Gasteiger partial charge in [0.2, 0.25) is 15.9 Å². The summed E-state index contributed by atoms with van der Waals surface area (Å²) >= 11 is 0. The Morgan fingerprint density at radius 1 is 1.35 bits per heavy atom. The maximum absolute atomic E-state index is 12.2. The van der Waals surface area contributed by atoms with Crippen LogP contribution in [0.5, 0.6) is 0 Å². The number of aryl methyl sites for hydroxylation is 1. The third-order valence-electron chi connectivity index (χ3n) is 4.04. The van der Waals surface area contributed by atoms with Crippen molar-refractivity contribution in [3.8, 4) is 0 Å². The number of benzene rings is 1. The molecule has 1 aliphatic heterocycles. The molecule has 1 aromatic rings. The van der Waals surface area contributed by atoms with Crippen LogP contribution in [-0.4, -0.2) is 63.8 Å². The minimum absolute atomic E-state index is 0.0773. The predicted molar refractivity (Wildman–Crippen MR) is 84.4 cm³/mol. The maximum Gasteiger partial charge on any atom is 0.240 e. The van der Waals surface area contributed by atoms with Gasteiger partial charge in [0, 0.05) is 13.5 Å². The molecular weight excluding hydrogens is 320 g/mol. The number of aliphatic hydroxyl groups is 1.